The van der Waals surface area contributed by atoms with Crippen LogP contribution >= 0.6 is 11.6 Å². The maximum Gasteiger partial charge on any atom is 0.199 e. The summed E-state index contributed by atoms with van der Waals surface area (Å²) < 4.78 is 65.9. The zero-order valence-corrected chi connectivity index (χ0v) is 10.2. The van der Waals surface area contributed by atoms with E-state index in [-0.39, 0.29) is 0 Å². The largest absolute Gasteiger partial charge is 0.288 e. The van der Waals surface area contributed by atoms with Gasteiger partial charge < -0.3 is 0 Å². The number of rotatable bonds is 2. The maximum atomic E-state index is 13.5. The summed E-state index contributed by atoms with van der Waals surface area (Å²) in [4.78, 5) is 11.8. The zero-order valence-electron chi connectivity index (χ0n) is 9.49. The summed E-state index contributed by atoms with van der Waals surface area (Å²) in [5, 5.41) is -0.565. The number of halogens is 6. The lowest BCUT2D eigenvalue weighted by Crippen LogP contribution is -2.09. The molecular weight excluding hydrogens is 303 g/mol. The van der Waals surface area contributed by atoms with Gasteiger partial charge in [-0.15, -0.1) is 0 Å². The van der Waals surface area contributed by atoms with Crippen LogP contribution in [0.4, 0.5) is 22.0 Å². The van der Waals surface area contributed by atoms with Gasteiger partial charge in [0.1, 0.15) is 11.6 Å². The van der Waals surface area contributed by atoms with Gasteiger partial charge in [0.15, 0.2) is 23.2 Å². The van der Waals surface area contributed by atoms with E-state index in [4.69, 9.17) is 11.6 Å². The van der Waals surface area contributed by atoms with Crippen LogP contribution in [0.1, 0.15) is 15.9 Å². The van der Waals surface area contributed by atoms with Crippen molar-refractivity contribution in [3.8, 4) is 0 Å². The van der Waals surface area contributed by atoms with Crippen LogP contribution in [0.25, 0.3) is 0 Å². The third-order valence-electron chi connectivity index (χ3n) is 2.53. The van der Waals surface area contributed by atoms with Gasteiger partial charge in [0, 0.05) is 0 Å². The Bertz CT molecular complexity index is 710. The second-order valence-electron chi connectivity index (χ2n) is 3.80. The van der Waals surface area contributed by atoms with Crippen molar-refractivity contribution in [3.63, 3.8) is 0 Å². The predicted octanol–water partition coefficient (Wildman–Crippen LogP) is 4.27. The van der Waals surface area contributed by atoms with Gasteiger partial charge in [0.05, 0.1) is 16.1 Å². The van der Waals surface area contributed by atoms with E-state index in [0.717, 1.165) is 0 Å². The topological polar surface area (TPSA) is 17.1 Å². The molecule has 2 rings (SSSR count). The third-order valence-corrected chi connectivity index (χ3v) is 2.82. The molecule has 0 aromatic heterocycles. The minimum Gasteiger partial charge on any atom is -0.288 e. The van der Waals surface area contributed by atoms with Crippen LogP contribution in [0.5, 0.6) is 0 Å². The average Bonchev–Trinajstić information content (AvgIpc) is 2.40. The predicted molar refractivity (Wildman–Crippen MR) is 61.1 cm³/mol. The molecule has 0 amide bonds. The van der Waals surface area contributed by atoms with Crippen molar-refractivity contribution in [2.24, 2.45) is 0 Å². The standard InChI is InChI=1S/C13H4ClF5O/c14-7-4-9(16)6(3-10(7)17)13(20)5-1-2-8(15)12(19)11(5)18/h1-4H. The number of ketones is 1. The minimum atomic E-state index is -1.87. The Labute approximate surface area is 114 Å². The Hall–Kier alpha value is -1.95. The molecule has 0 aliphatic rings. The van der Waals surface area contributed by atoms with Crippen molar-refractivity contribution in [1.82, 2.24) is 0 Å². The number of carbonyl (C=O) groups excluding carboxylic acids is 1. The first kappa shape index (κ1) is 14.5. The molecule has 0 radical (unpaired) electrons. The molecule has 2 aromatic carbocycles. The first-order chi connectivity index (χ1) is 9.32. The van der Waals surface area contributed by atoms with Crippen LogP contribution in [0.15, 0.2) is 24.3 Å². The van der Waals surface area contributed by atoms with Crippen LogP contribution in [0.3, 0.4) is 0 Å². The molecule has 0 atom stereocenters. The fourth-order valence-corrected chi connectivity index (χ4v) is 1.69. The van der Waals surface area contributed by atoms with Gasteiger partial charge in [-0.3, -0.25) is 4.79 Å². The normalized spacial score (nSPS) is 10.7. The second kappa shape index (κ2) is 5.20. The number of hydrogen-bond donors (Lipinski definition) is 0. The molecule has 2 aromatic rings. The summed E-state index contributed by atoms with van der Waals surface area (Å²) in [6, 6.07) is 2.14. The summed E-state index contributed by atoms with van der Waals surface area (Å²) in [6.45, 7) is 0. The van der Waals surface area contributed by atoms with E-state index in [9.17, 15) is 26.7 Å². The van der Waals surface area contributed by atoms with Gasteiger partial charge in [-0.2, -0.15) is 0 Å². The number of hydrogen-bond acceptors (Lipinski definition) is 1. The average molecular weight is 307 g/mol. The van der Waals surface area contributed by atoms with E-state index in [1.165, 1.54) is 0 Å². The molecule has 0 aliphatic carbocycles. The molecule has 0 N–H and O–H groups in total. The highest BCUT2D eigenvalue weighted by Crippen LogP contribution is 2.24. The van der Waals surface area contributed by atoms with E-state index in [2.05, 4.69) is 0 Å². The van der Waals surface area contributed by atoms with Crippen LogP contribution in [0, 0.1) is 29.1 Å². The molecule has 1 nitrogen and oxygen atoms in total. The number of benzene rings is 2. The molecular formula is C13H4ClF5O. The maximum absolute atomic E-state index is 13.5. The molecule has 0 spiro atoms. The first-order valence-electron chi connectivity index (χ1n) is 5.15. The fourth-order valence-electron chi connectivity index (χ4n) is 1.54. The van der Waals surface area contributed by atoms with Gasteiger partial charge in [-0.1, -0.05) is 11.6 Å². The van der Waals surface area contributed by atoms with Gasteiger partial charge in [-0.05, 0) is 24.3 Å². The minimum absolute atomic E-state index is 0.459. The quantitative estimate of drug-likeness (QED) is 0.350. The van der Waals surface area contributed by atoms with Gasteiger partial charge >= 0.3 is 0 Å². The van der Waals surface area contributed by atoms with E-state index < -0.39 is 51.0 Å². The van der Waals surface area contributed by atoms with Crippen molar-refractivity contribution >= 4 is 17.4 Å². The zero-order chi connectivity index (χ0) is 15.0. The lowest BCUT2D eigenvalue weighted by atomic mass is 10.0. The van der Waals surface area contributed by atoms with Gasteiger partial charge in [-0.25, -0.2) is 22.0 Å². The lowest BCUT2D eigenvalue weighted by Gasteiger charge is -2.06. The van der Waals surface area contributed by atoms with Crippen LogP contribution in [-0.2, 0) is 0 Å². The van der Waals surface area contributed by atoms with E-state index in [1.807, 2.05) is 0 Å². The second-order valence-corrected chi connectivity index (χ2v) is 4.21. The third kappa shape index (κ3) is 2.38. The first-order valence-corrected chi connectivity index (χ1v) is 5.53. The Kier molecular flexibility index (Phi) is 3.76. The van der Waals surface area contributed by atoms with E-state index in [1.54, 1.807) is 0 Å². The molecule has 0 fully saturated rings. The Morgan fingerprint density at radius 2 is 1.45 bits per heavy atom. The summed E-state index contributed by atoms with van der Waals surface area (Å²) in [6.07, 6.45) is 0. The highest BCUT2D eigenvalue weighted by Gasteiger charge is 2.23. The summed E-state index contributed by atoms with van der Waals surface area (Å²) in [7, 11) is 0. The Morgan fingerprint density at radius 1 is 0.800 bits per heavy atom. The van der Waals surface area contributed by atoms with Crippen molar-refractivity contribution in [2.75, 3.05) is 0 Å². The SMILES string of the molecule is O=C(c1cc(F)c(Cl)cc1F)c1ccc(F)c(F)c1F. The van der Waals surface area contributed by atoms with Gasteiger partial charge in [0.25, 0.3) is 0 Å². The molecule has 7 heteroatoms. The van der Waals surface area contributed by atoms with Crippen molar-refractivity contribution in [3.05, 3.63) is 69.5 Å². The monoisotopic (exact) mass is 306 g/mol. The molecule has 20 heavy (non-hydrogen) atoms. The molecule has 0 saturated carbocycles. The molecule has 0 saturated heterocycles. The van der Waals surface area contributed by atoms with E-state index in [0.29, 0.717) is 24.3 Å². The summed E-state index contributed by atoms with van der Waals surface area (Å²) >= 11 is 5.30. The van der Waals surface area contributed by atoms with Crippen molar-refractivity contribution < 1.29 is 26.7 Å². The summed E-state index contributed by atoms with van der Waals surface area (Å²) in [5.41, 5.74) is -1.75. The van der Waals surface area contributed by atoms with Crippen molar-refractivity contribution in [1.29, 1.82) is 0 Å². The Balaban J connectivity index is 2.58. The highest BCUT2D eigenvalue weighted by atomic mass is 35.5. The smallest absolute Gasteiger partial charge is 0.199 e. The molecule has 0 heterocycles. The fraction of sp³-hybridized carbons (Fsp3) is 0. The van der Waals surface area contributed by atoms with Crippen LogP contribution in [0.2, 0.25) is 5.02 Å². The molecule has 0 bridgehead atoms. The molecule has 0 aliphatic heterocycles. The lowest BCUT2D eigenvalue weighted by molar-refractivity contribution is 0.102. The molecule has 0 unspecified atom stereocenters. The molecule has 104 valence electrons. The summed E-state index contributed by atoms with van der Waals surface area (Å²) in [5.74, 6) is -8.77. The number of carbonyl (C=O) groups is 1. The van der Waals surface area contributed by atoms with Crippen LogP contribution in [-0.4, -0.2) is 5.78 Å². The Morgan fingerprint density at radius 3 is 2.10 bits per heavy atom. The van der Waals surface area contributed by atoms with Crippen LogP contribution < -0.4 is 0 Å². The van der Waals surface area contributed by atoms with E-state index >= 15 is 0 Å². The van der Waals surface area contributed by atoms with Crippen molar-refractivity contribution in [2.45, 2.75) is 0 Å². The highest BCUT2D eigenvalue weighted by molar-refractivity contribution is 6.30. The van der Waals surface area contributed by atoms with Gasteiger partial charge in [0.2, 0.25) is 0 Å².